The molecule has 1 N–H and O–H groups in total. The molecule has 0 aromatic heterocycles. The molecule has 1 heterocycles. The summed E-state index contributed by atoms with van der Waals surface area (Å²) in [6, 6.07) is 0. The van der Waals surface area contributed by atoms with Crippen molar-refractivity contribution in [1.82, 2.24) is 15.1 Å². The van der Waals surface area contributed by atoms with E-state index >= 15 is 0 Å². The summed E-state index contributed by atoms with van der Waals surface area (Å²) in [5.74, 6) is 1.64. The third-order valence-corrected chi connectivity index (χ3v) is 4.66. The standard InChI is InChI=1S/C18H38N4O2/c1-5-21(6-2)11-8-7-10-20-18(19-3)22-12-9-17(15-22)16-24-14-13-23-4/h17H,5-16H2,1-4H3,(H,19,20). The number of ether oxygens (including phenoxy) is 2. The van der Waals surface area contributed by atoms with Gasteiger partial charge in [-0.3, -0.25) is 4.99 Å². The Morgan fingerprint density at radius 3 is 2.71 bits per heavy atom. The van der Waals surface area contributed by atoms with Gasteiger partial charge in [0.1, 0.15) is 0 Å². The van der Waals surface area contributed by atoms with Crippen molar-refractivity contribution in [2.24, 2.45) is 10.9 Å². The molecule has 6 nitrogen and oxygen atoms in total. The smallest absolute Gasteiger partial charge is 0.193 e. The predicted octanol–water partition coefficient (Wildman–Crippen LogP) is 1.67. The second-order valence-electron chi connectivity index (χ2n) is 6.38. The average molecular weight is 343 g/mol. The number of hydrogen-bond donors (Lipinski definition) is 1. The Morgan fingerprint density at radius 1 is 1.25 bits per heavy atom. The first-order valence-electron chi connectivity index (χ1n) is 9.49. The molecule has 142 valence electrons. The van der Waals surface area contributed by atoms with Crippen LogP contribution >= 0.6 is 0 Å². The summed E-state index contributed by atoms with van der Waals surface area (Å²) in [5.41, 5.74) is 0. The highest BCUT2D eigenvalue weighted by atomic mass is 16.5. The SMILES string of the molecule is CCN(CC)CCCCNC(=NC)N1CCC(COCCOC)C1. The van der Waals surface area contributed by atoms with Gasteiger partial charge < -0.3 is 24.6 Å². The Bertz CT molecular complexity index is 335. The quantitative estimate of drug-likeness (QED) is 0.332. The maximum Gasteiger partial charge on any atom is 0.193 e. The zero-order valence-electron chi connectivity index (χ0n) is 16.2. The van der Waals surface area contributed by atoms with Gasteiger partial charge in [-0.05, 0) is 38.9 Å². The Hall–Kier alpha value is -0.850. The molecule has 0 aromatic carbocycles. The summed E-state index contributed by atoms with van der Waals surface area (Å²) in [6.07, 6.45) is 3.60. The topological polar surface area (TPSA) is 49.3 Å². The summed E-state index contributed by atoms with van der Waals surface area (Å²) >= 11 is 0. The summed E-state index contributed by atoms with van der Waals surface area (Å²) in [5, 5.41) is 3.51. The van der Waals surface area contributed by atoms with E-state index in [1.165, 1.54) is 25.8 Å². The van der Waals surface area contributed by atoms with E-state index in [0.29, 0.717) is 19.1 Å². The second-order valence-corrected chi connectivity index (χ2v) is 6.38. The first kappa shape index (κ1) is 21.2. The molecule has 0 aliphatic carbocycles. The maximum absolute atomic E-state index is 5.66. The lowest BCUT2D eigenvalue weighted by atomic mass is 10.1. The highest BCUT2D eigenvalue weighted by Crippen LogP contribution is 2.16. The van der Waals surface area contributed by atoms with Crippen molar-refractivity contribution >= 4 is 5.96 Å². The van der Waals surface area contributed by atoms with Crippen molar-refractivity contribution in [3.63, 3.8) is 0 Å². The molecule has 1 saturated heterocycles. The van der Waals surface area contributed by atoms with Gasteiger partial charge >= 0.3 is 0 Å². The lowest BCUT2D eigenvalue weighted by Gasteiger charge is -2.22. The lowest BCUT2D eigenvalue weighted by Crippen LogP contribution is -2.40. The molecule has 1 aliphatic heterocycles. The zero-order valence-corrected chi connectivity index (χ0v) is 16.2. The van der Waals surface area contributed by atoms with E-state index in [1.54, 1.807) is 7.11 Å². The Morgan fingerprint density at radius 2 is 2.04 bits per heavy atom. The number of hydrogen-bond acceptors (Lipinski definition) is 4. The summed E-state index contributed by atoms with van der Waals surface area (Å²) < 4.78 is 10.7. The first-order valence-corrected chi connectivity index (χ1v) is 9.49. The number of nitrogens with one attached hydrogen (secondary N) is 1. The van der Waals surface area contributed by atoms with E-state index in [9.17, 15) is 0 Å². The van der Waals surface area contributed by atoms with E-state index in [-0.39, 0.29) is 0 Å². The minimum absolute atomic E-state index is 0.600. The van der Waals surface area contributed by atoms with E-state index in [0.717, 1.165) is 45.3 Å². The third-order valence-electron chi connectivity index (χ3n) is 4.66. The largest absolute Gasteiger partial charge is 0.382 e. The van der Waals surface area contributed by atoms with E-state index in [1.807, 2.05) is 7.05 Å². The second kappa shape index (κ2) is 13.4. The van der Waals surface area contributed by atoms with Crippen LogP contribution in [-0.2, 0) is 9.47 Å². The molecule has 6 heteroatoms. The molecule has 0 aromatic rings. The van der Waals surface area contributed by atoms with Crippen LogP contribution in [0.4, 0.5) is 0 Å². The van der Waals surface area contributed by atoms with Gasteiger partial charge in [0.15, 0.2) is 5.96 Å². The highest BCUT2D eigenvalue weighted by Gasteiger charge is 2.24. The Labute approximate surface area is 148 Å². The molecular weight excluding hydrogens is 304 g/mol. The molecule has 0 saturated carbocycles. The zero-order chi connectivity index (χ0) is 17.6. The highest BCUT2D eigenvalue weighted by molar-refractivity contribution is 5.80. The number of aliphatic imine (C=N–C) groups is 1. The van der Waals surface area contributed by atoms with Gasteiger partial charge in [0.25, 0.3) is 0 Å². The van der Waals surface area contributed by atoms with Crippen molar-refractivity contribution in [3.8, 4) is 0 Å². The van der Waals surface area contributed by atoms with Gasteiger partial charge in [-0.2, -0.15) is 0 Å². The van der Waals surface area contributed by atoms with Crippen LogP contribution in [0.3, 0.4) is 0 Å². The third kappa shape index (κ3) is 8.31. The van der Waals surface area contributed by atoms with Crippen molar-refractivity contribution in [1.29, 1.82) is 0 Å². The summed E-state index contributed by atoms with van der Waals surface area (Å²) in [4.78, 5) is 9.27. The van der Waals surface area contributed by atoms with Gasteiger partial charge in [0.2, 0.25) is 0 Å². The number of nitrogens with zero attached hydrogens (tertiary/aromatic N) is 3. The Kier molecular flexibility index (Phi) is 11.9. The molecule has 1 rings (SSSR count). The molecule has 0 spiro atoms. The molecule has 1 atom stereocenters. The van der Waals surface area contributed by atoms with Crippen LogP contribution < -0.4 is 5.32 Å². The van der Waals surface area contributed by atoms with Gasteiger partial charge in [0, 0.05) is 39.7 Å². The van der Waals surface area contributed by atoms with Crippen LogP contribution in [0, 0.1) is 5.92 Å². The molecular formula is C18H38N4O2. The average Bonchev–Trinajstić information content (AvgIpc) is 3.07. The molecule has 0 bridgehead atoms. The molecule has 1 unspecified atom stereocenters. The minimum Gasteiger partial charge on any atom is -0.382 e. The van der Waals surface area contributed by atoms with Crippen LogP contribution in [0.25, 0.3) is 0 Å². The lowest BCUT2D eigenvalue weighted by molar-refractivity contribution is 0.0536. The summed E-state index contributed by atoms with van der Waals surface area (Å²) in [6.45, 7) is 13.2. The normalized spacial score (nSPS) is 18.6. The van der Waals surface area contributed by atoms with Gasteiger partial charge in [0.05, 0.1) is 19.8 Å². The van der Waals surface area contributed by atoms with Crippen molar-refractivity contribution in [2.45, 2.75) is 33.1 Å². The van der Waals surface area contributed by atoms with Gasteiger partial charge in [-0.1, -0.05) is 13.8 Å². The van der Waals surface area contributed by atoms with Crippen LogP contribution in [0.1, 0.15) is 33.1 Å². The van der Waals surface area contributed by atoms with E-state index in [2.05, 4.69) is 34.0 Å². The molecule has 1 fully saturated rings. The fraction of sp³-hybridized carbons (Fsp3) is 0.944. The van der Waals surface area contributed by atoms with Gasteiger partial charge in [-0.25, -0.2) is 0 Å². The van der Waals surface area contributed by atoms with Gasteiger partial charge in [-0.15, -0.1) is 0 Å². The fourth-order valence-electron chi connectivity index (χ4n) is 3.09. The van der Waals surface area contributed by atoms with Crippen LogP contribution in [0.15, 0.2) is 4.99 Å². The monoisotopic (exact) mass is 342 g/mol. The first-order chi connectivity index (χ1) is 11.7. The number of methoxy groups -OCH3 is 1. The predicted molar refractivity (Wildman–Crippen MR) is 101 cm³/mol. The van der Waals surface area contributed by atoms with Crippen molar-refractivity contribution < 1.29 is 9.47 Å². The number of unbranched alkanes of at least 4 members (excludes halogenated alkanes) is 1. The fourth-order valence-corrected chi connectivity index (χ4v) is 3.09. The Balaban J connectivity index is 2.16. The molecule has 0 amide bonds. The molecule has 24 heavy (non-hydrogen) atoms. The number of rotatable bonds is 12. The van der Waals surface area contributed by atoms with E-state index in [4.69, 9.17) is 9.47 Å². The summed E-state index contributed by atoms with van der Waals surface area (Å²) in [7, 11) is 3.58. The maximum atomic E-state index is 5.66. The van der Waals surface area contributed by atoms with Crippen molar-refractivity contribution in [2.75, 3.05) is 73.2 Å². The molecule has 0 radical (unpaired) electrons. The minimum atomic E-state index is 0.600. The van der Waals surface area contributed by atoms with Crippen molar-refractivity contribution in [3.05, 3.63) is 0 Å². The number of guanidine groups is 1. The number of likely N-dealkylation sites (tertiary alicyclic amines) is 1. The van der Waals surface area contributed by atoms with Crippen LogP contribution in [-0.4, -0.2) is 89.0 Å². The van der Waals surface area contributed by atoms with Crippen LogP contribution in [0.5, 0.6) is 0 Å². The van der Waals surface area contributed by atoms with Crippen LogP contribution in [0.2, 0.25) is 0 Å². The molecule has 1 aliphatic rings. The van der Waals surface area contributed by atoms with E-state index < -0.39 is 0 Å².